The number of unbranched alkanes of at least 4 members (excludes halogenated alkanes) is 34. The monoisotopic (exact) mass is 934 g/mol. The third-order valence-electron chi connectivity index (χ3n) is 13.4. The molecule has 7 unspecified atom stereocenters. The molecule has 7 atom stereocenters. The smallest absolute Gasteiger partial charge is 0.220 e. The van der Waals surface area contributed by atoms with E-state index in [-0.39, 0.29) is 12.5 Å². The van der Waals surface area contributed by atoms with Gasteiger partial charge in [-0.2, -0.15) is 0 Å². The van der Waals surface area contributed by atoms with Crippen molar-refractivity contribution < 1.29 is 39.8 Å². The first-order chi connectivity index (χ1) is 32.3. The zero-order valence-electron chi connectivity index (χ0n) is 43.0. The second-order valence-electron chi connectivity index (χ2n) is 19.7. The van der Waals surface area contributed by atoms with Gasteiger partial charge in [0.15, 0.2) is 6.29 Å². The Bertz CT molecular complexity index is 1130. The highest BCUT2D eigenvalue weighted by molar-refractivity contribution is 5.76. The molecule has 0 aromatic carbocycles. The molecule has 388 valence electrons. The molecule has 1 aliphatic heterocycles. The third kappa shape index (κ3) is 36.4. The van der Waals surface area contributed by atoms with Crippen LogP contribution in [0.15, 0.2) is 36.5 Å². The van der Waals surface area contributed by atoms with Crippen molar-refractivity contribution in [3.8, 4) is 0 Å². The summed E-state index contributed by atoms with van der Waals surface area (Å²) in [5.74, 6) is -0.186. The molecule has 0 aromatic rings. The van der Waals surface area contributed by atoms with Crippen LogP contribution in [0.3, 0.4) is 0 Å². The molecule has 1 amide bonds. The lowest BCUT2D eigenvalue weighted by Gasteiger charge is -2.40. The summed E-state index contributed by atoms with van der Waals surface area (Å²) in [6, 6.07) is -0.822. The molecule has 1 rings (SSSR count). The number of rotatable bonds is 48. The van der Waals surface area contributed by atoms with Crippen LogP contribution >= 0.6 is 0 Å². The van der Waals surface area contributed by atoms with E-state index in [2.05, 4.69) is 43.5 Å². The van der Waals surface area contributed by atoms with Gasteiger partial charge in [-0.1, -0.05) is 237 Å². The fourth-order valence-corrected chi connectivity index (χ4v) is 8.93. The number of allylic oxidation sites excluding steroid dienone is 5. The van der Waals surface area contributed by atoms with E-state index in [0.29, 0.717) is 6.42 Å². The molecule has 0 radical (unpaired) electrons. The van der Waals surface area contributed by atoms with Crippen molar-refractivity contribution in [1.82, 2.24) is 5.32 Å². The van der Waals surface area contributed by atoms with E-state index < -0.39 is 49.5 Å². The summed E-state index contributed by atoms with van der Waals surface area (Å²) in [6.07, 6.45) is 53.5. The number of carbonyl (C=O) groups is 1. The number of amides is 1. The summed E-state index contributed by atoms with van der Waals surface area (Å²) in [5.41, 5.74) is 0. The first kappa shape index (κ1) is 62.4. The number of hydrogen-bond donors (Lipinski definition) is 6. The molecular formula is C57H107NO8. The van der Waals surface area contributed by atoms with Crippen molar-refractivity contribution >= 4 is 5.91 Å². The molecule has 0 aromatic heterocycles. The lowest BCUT2D eigenvalue weighted by Crippen LogP contribution is -2.60. The molecule has 0 spiro atoms. The molecule has 0 saturated carbocycles. The fraction of sp³-hybridized carbons (Fsp3) is 0.877. The van der Waals surface area contributed by atoms with Gasteiger partial charge < -0.3 is 40.3 Å². The van der Waals surface area contributed by atoms with E-state index in [1.54, 1.807) is 6.08 Å². The van der Waals surface area contributed by atoms with Crippen LogP contribution in [0, 0.1) is 0 Å². The Hall–Kier alpha value is -1.59. The van der Waals surface area contributed by atoms with Crippen LogP contribution in [0.1, 0.15) is 264 Å². The zero-order valence-corrected chi connectivity index (χ0v) is 43.0. The van der Waals surface area contributed by atoms with Crippen LogP contribution in [-0.2, 0) is 14.3 Å². The lowest BCUT2D eigenvalue weighted by molar-refractivity contribution is -0.302. The van der Waals surface area contributed by atoms with Gasteiger partial charge in [-0.25, -0.2) is 0 Å². The topological polar surface area (TPSA) is 149 Å². The average Bonchev–Trinajstić information content (AvgIpc) is 3.32. The fourth-order valence-electron chi connectivity index (χ4n) is 8.93. The standard InChI is InChI=1S/C57H107NO8/c1-3-5-7-9-11-13-15-17-19-21-23-25-27-28-30-32-34-36-38-40-42-44-46-51(60)50(49-65-57-56(64)55(63)54(62)52(48-59)66-57)58-53(61)47-45-43-41-39-37-35-33-31-29-26-24-22-20-18-16-14-12-10-8-6-4-2/h22,24,36,38,44,46,50-52,54-57,59-60,62-64H,3-21,23,25-35,37,39-43,45,47-49H2,1-2H3,(H,58,61)/b24-22-,38-36+,46-44+. The minimum Gasteiger partial charge on any atom is -0.394 e. The maximum atomic E-state index is 13.0. The van der Waals surface area contributed by atoms with Crippen molar-refractivity contribution in [3.63, 3.8) is 0 Å². The van der Waals surface area contributed by atoms with E-state index in [1.165, 1.54) is 205 Å². The van der Waals surface area contributed by atoms with Crippen LogP contribution in [-0.4, -0.2) is 87.5 Å². The van der Waals surface area contributed by atoms with E-state index in [4.69, 9.17) is 9.47 Å². The molecule has 6 N–H and O–H groups in total. The van der Waals surface area contributed by atoms with Crippen molar-refractivity contribution in [2.24, 2.45) is 0 Å². The Morgan fingerprint density at radius 3 is 1.27 bits per heavy atom. The van der Waals surface area contributed by atoms with Gasteiger partial charge in [0.25, 0.3) is 0 Å². The molecule has 0 bridgehead atoms. The normalized spacial score (nSPS) is 20.0. The largest absolute Gasteiger partial charge is 0.394 e. The van der Waals surface area contributed by atoms with Gasteiger partial charge in [0.2, 0.25) is 5.91 Å². The van der Waals surface area contributed by atoms with Gasteiger partial charge in [0.05, 0.1) is 25.4 Å². The maximum absolute atomic E-state index is 13.0. The Kier molecular flexibility index (Phi) is 44.6. The molecular weight excluding hydrogens is 827 g/mol. The number of carbonyl (C=O) groups excluding carboxylic acids is 1. The first-order valence-corrected chi connectivity index (χ1v) is 28.2. The molecule has 0 aliphatic carbocycles. The quantitative estimate of drug-likeness (QED) is 0.0261. The summed E-state index contributed by atoms with van der Waals surface area (Å²) in [7, 11) is 0. The Labute approximate surface area is 406 Å². The van der Waals surface area contributed by atoms with Gasteiger partial charge >= 0.3 is 0 Å². The number of nitrogens with one attached hydrogen (secondary N) is 1. The molecule has 1 fully saturated rings. The van der Waals surface area contributed by atoms with E-state index >= 15 is 0 Å². The van der Waals surface area contributed by atoms with Crippen molar-refractivity contribution in [3.05, 3.63) is 36.5 Å². The summed E-state index contributed by atoms with van der Waals surface area (Å²) >= 11 is 0. The SMILES string of the molecule is CCCCCCCCCC/C=C\CCCCCCCCCCCC(=O)NC(COC1OC(CO)C(O)C(O)C1O)C(O)/C=C/CC/C=C/CCCCCCCCCCCCCCCCCC. The van der Waals surface area contributed by atoms with Crippen molar-refractivity contribution in [2.45, 2.75) is 307 Å². The van der Waals surface area contributed by atoms with Gasteiger partial charge in [0, 0.05) is 6.42 Å². The molecule has 1 saturated heterocycles. The van der Waals surface area contributed by atoms with Crippen LogP contribution < -0.4 is 5.32 Å². The highest BCUT2D eigenvalue weighted by atomic mass is 16.7. The van der Waals surface area contributed by atoms with Crippen LogP contribution in [0.4, 0.5) is 0 Å². The summed E-state index contributed by atoms with van der Waals surface area (Å²) < 4.78 is 11.3. The van der Waals surface area contributed by atoms with E-state index in [0.717, 1.165) is 38.5 Å². The zero-order chi connectivity index (χ0) is 48.0. The minimum absolute atomic E-state index is 0.186. The molecule has 9 nitrogen and oxygen atoms in total. The second kappa shape index (κ2) is 47.1. The Balaban J connectivity index is 2.27. The molecule has 66 heavy (non-hydrogen) atoms. The number of aliphatic hydroxyl groups is 5. The average molecular weight is 934 g/mol. The van der Waals surface area contributed by atoms with Crippen LogP contribution in [0.2, 0.25) is 0 Å². The van der Waals surface area contributed by atoms with E-state index in [9.17, 15) is 30.3 Å². The number of hydrogen-bond acceptors (Lipinski definition) is 8. The predicted octanol–water partition coefficient (Wildman–Crippen LogP) is 13.6. The molecule has 9 heteroatoms. The van der Waals surface area contributed by atoms with Gasteiger partial charge in [-0.15, -0.1) is 0 Å². The van der Waals surface area contributed by atoms with Gasteiger partial charge in [-0.05, 0) is 57.8 Å². The van der Waals surface area contributed by atoms with Gasteiger partial charge in [-0.3, -0.25) is 4.79 Å². The summed E-state index contributed by atoms with van der Waals surface area (Å²) in [6.45, 7) is 3.79. The van der Waals surface area contributed by atoms with Crippen LogP contribution in [0.25, 0.3) is 0 Å². The first-order valence-electron chi connectivity index (χ1n) is 28.2. The number of aliphatic hydroxyl groups excluding tert-OH is 5. The summed E-state index contributed by atoms with van der Waals surface area (Å²) in [5, 5.41) is 54.5. The highest BCUT2D eigenvalue weighted by Gasteiger charge is 2.44. The van der Waals surface area contributed by atoms with E-state index in [1.807, 2.05) is 6.08 Å². The maximum Gasteiger partial charge on any atom is 0.220 e. The highest BCUT2D eigenvalue weighted by Crippen LogP contribution is 2.23. The minimum atomic E-state index is -1.57. The molecule has 1 heterocycles. The molecule has 1 aliphatic rings. The summed E-state index contributed by atoms with van der Waals surface area (Å²) in [4.78, 5) is 13.0. The van der Waals surface area contributed by atoms with Crippen molar-refractivity contribution in [2.75, 3.05) is 13.2 Å². The van der Waals surface area contributed by atoms with Crippen molar-refractivity contribution in [1.29, 1.82) is 0 Å². The van der Waals surface area contributed by atoms with Crippen LogP contribution in [0.5, 0.6) is 0 Å². The third-order valence-corrected chi connectivity index (χ3v) is 13.4. The van der Waals surface area contributed by atoms with Gasteiger partial charge in [0.1, 0.15) is 24.4 Å². The lowest BCUT2D eigenvalue weighted by atomic mass is 9.99. The predicted molar refractivity (Wildman–Crippen MR) is 276 cm³/mol. The Morgan fingerprint density at radius 2 is 0.864 bits per heavy atom. The Morgan fingerprint density at radius 1 is 0.500 bits per heavy atom. The number of ether oxygens (including phenoxy) is 2. The second-order valence-corrected chi connectivity index (χ2v) is 19.7.